The maximum atomic E-state index is 13.4. The first-order chi connectivity index (χ1) is 8.11. The molecule has 2 aromatic rings. The van der Waals surface area contributed by atoms with E-state index >= 15 is 0 Å². The number of aromatic nitrogens is 2. The van der Waals surface area contributed by atoms with E-state index in [1.54, 1.807) is 10.9 Å². The average molecular weight is 238 g/mol. The Morgan fingerprint density at radius 1 is 1.41 bits per heavy atom. The van der Waals surface area contributed by atoms with Crippen LogP contribution >= 0.6 is 0 Å². The van der Waals surface area contributed by atoms with E-state index in [9.17, 15) is 13.9 Å². The van der Waals surface area contributed by atoms with Crippen LogP contribution in [0, 0.1) is 11.6 Å². The van der Waals surface area contributed by atoms with Crippen molar-refractivity contribution in [3.05, 3.63) is 53.4 Å². The lowest BCUT2D eigenvalue weighted by molar-refractivity contribution is 0.214. The fourth-order valence-corrected chi connectivity index (χ4v) is 1.60. The van der Waals surface area contributed by atoms with Crippen molar-refractivity contribution in [2.24, 2.45) is 0 Å². The maximum Gasteiger partial charge on any atom is 0.132 e. The zero-order chi connectivity index (χ0) is 12.4. The molecule has 1 heterocycles. The van der Waals surface area contributed by atoms with E-state index in [0.717, 1.165) is 12.1 Å². The Kier molecular flexibility index (Phi) is 3.19. The second-order valence-corrected chi connectivity index (χ2v) is 3.70. The van der Waals surface area contributed by atoms with Gasteiger partial charge in [0.2, 0.25) is 0 Å². The highest BCUT2D eigenvalue weighted by molar-refractivity contribution is 5.28. The molecule has 0 spiro atoms. The lowest BCUT2D eigenvalue weighted by atomic mass is 10.0. The lowest BCUT2D eigenvalue weighted by Crippen LogP contribution is -2.02. The molecule has 1 aromatic carbocycles. The van der Waals surface area contributed by atoms with E-state index in [0.29, 0.717) is 12.1 Å². The fraction of sp³-hybridized carbons (Fsp3) is 0.250. The number of aryl methyl sites for hydroxylation is 1. The monoisotopic (exact) mass is 238 g/mol. The minimum atomic E-state index is -1.13. The minimum absolute atomic E-state index is 0.0436. The SMILES string of the molecule is CCn1cc(C(O)c2ccc(F)cc2F)cn1. The van der Waals surface area contributed by atoms with E-state index < -0.39 is 17.7 Å². The van der Waals surface area contributed by atoms with E-state index in [1.165, 1.54) is 12.3 Å². The third-order valence-corrected chi connectivity index (χ3v) is 2.55. The van der Waals surface area contributed by atoms with Crippen LogP contribution in [0.5, 0.6) is 0 Å². The molecule has 0 fully saturated rings. The summed E-state index contributed by atoms with van der Waals surface area (Å²) in [5.41, 5.74) is 0.527. The van der Waals surface area contributed by atoms with Gasteiger partial charge >= 0.3 is 0 Å². The van der Waals surface area contributed by atoms with Crippen LogP contribution in [0.25, 0.3) is 0 Å². The summed E-state index contributed by atoms with van der Waals surface area (Å²) in [5.74, 6) is -1.43. The molecule has 0 aliphatic rings. The summed E-state index contributed by atoms with van der Waals surface area (Å²) in [7, 11) is 0. The second kappa shape index (κ2) is 4.63. The van der Waals surface area contributed by atoms with Crippen molar-refractivity contribution >= 4 is 0 Å². The van der Waals surface area contributed by atoms with E-state index in [-0.39, 0.29) is 5.56 Å². The van der Waals surface area contributed by atoms with Crippen LogP contribution in [0.4, 0.5) is 8.78 Å². The first-order valence-electron chi connectivity index (χ1n) is 5.27. The molecular weight excluding hydrogens is 226 g/mol. The van der Waals surface area contributed by atoms with Crippen LogP contribution < -0.4 is 0 Å². The van der Waals surface area contributed by atoms with Gasteiger partial charge in [-0.25, -0.2) is 8.78 Å². The second-order valence-electron chi connectivity index (χ2n) is 3.70. The molecule has 17 heavy (non-hydrogen) atoms. The standard InChI is InChI=1S/C12H12F2N2O/c1-2-16-7-8(6-15-16)12(17)10-4-3-9(13)5-11(10)14/h3-7,12,17H,2H2,1H3. The van der Waals surface area contributed by atoms with Gasteiger partial charge in [-0.3, -0.25) is 4.68 Å². The molecule has 1 unspecified atom stereocenters. The summed E-state index contributed by atoms with van der Waals surface area (Å²) in [6.45, 7) is 2.57. The Balaban J connectivity index is 2.33. The lowest BCUT2D eigenvalue weighted by Gasteiger charge is -2.09. The van der Waals surface area contributed by atoms with Crippen molar-refractivity contribution in [3.8, 4) is 0 Å². The molecule has 0 bridgehead atoms. The molecule has 0 amide bonds. The summed E-state index contributed by atoms with van der Waals surface area (Å²) < 4.78 is 27.8. The van der Waals surface area contributed by atoms with Gasteiger partial charge in [0.15, 0.2) is 0 Å². The van der Waals surface area contributed by atoms with Gasteiger partial charge < -0.3 is 5.11 Å². The number of benzene rings is 1. The normalized spacial score (nSPS) is 12.7. The number of hydrogen-bond donors (Lipinski definition) is 1. The molecule has 0 saturated heterocycles. The van der Waals surface area contributed by atoms with Crippen LogP contribution in [0.3, 0.4) is 0 Å². The highest BCUT2D eigenvalue weighted by Gasteiger charge is 2.16. The zero-order valence-electron chi connectivity index (χ0n) is 9.27. The number of nitrogens with zero attached hydrogens (tertiary/aromatic N) is 2. The molecule has 5 heteroatoms. The van der Waals surface area contributed by atoms with E-state index in [4.69, 9.17) is 0 Å². The predicted octanol–water partition coefficient (Wildman–Crippen LogP) is 2.26. The van der Waals surface area contributed by atoms with Gasteiger partial charge in [-0.1, -0.05) is 6.07 Å². The highest BCUT2D eigenvalue weighted by atomic mass is 19.1. The Labute approximate surface area is 97.3 Å². The Hall–Kier alpha value is -1.75. The van der Waals surface area contributed by atoms with Gasteiger partial charge in [-0.05, 0) is 13.0 Å². The van der Waals surface area contributed by atoms with Crippen LogP contribution in [-0.2, 0) is 6.54 Å². The highest BCUT2D eigenvalue weighted by Crippen LogP contribution is 2.24. The summed E-state index contributed by atoms with van der Waals surface area (Å²) in [6.07, 6.45) is 1.97. The number of halogens is 2. The molecule has 0 aliphatic carbocycles. The largest absolute Gasteiger partial charge is 0.383 e. The van der Waals surface area contributed by atoms with Gasteiger partial charge in [0, 0.05) is 29.9 Å². The third kappa shape index (κ3) is 2.34. The number of rotatable bonds is 3. The van der Waals surface area contributed by atoms with Gasteiger partial charge in [-0.15, -0.1) is 0 Å². The molecule has 0 radical (unpaired) electrons. The molecule has 2 rings (SSSR count). The summed E-state index contributed by atoms with van der Waals surface area (Å²) in [4.78, 5) is 0. The van der Waals surface area contributed by atoms with Crippen molar-refractivity contribution in [3.63, 3.8) is 0 Å². The molecule has 1 N–H and O–H groups in total. The molecule has 0 aliphatic heterocycles. The van der Waals surface area contributed by atoms with Crippen molar-refractivity contribution in [2.45, 2.75) is 19.6 Å². The Bertz CT molecular complexity index is 525. The maximum absolute atomic E-state index is 13.4. The van der Waals surface area contributed by atoms with Crippen molar-refractivity contribution < 1.29 is 13.9 Å². The van der Waals surface area contributed by atoms with Crippen LogP contribution in [-0.4, -0.2) is 14.9 Å². The molecular formula is C12H12F2N2O. The minimum Gasteiger partial charge on any atom is -0.383 e. The third-order valence-electron chi connectivity index (χ3n) is 2.55. The van der Waals surface area contributed by atoms with Gasteiger partial charge in [-0.2, -0.15) is 5.10 Å². The number of hydrogen-bond acceptors (Lipinski definition) is 2. The molecule has 1 atom stereocenters. The van der Waals surface area contributed by atoms with Gasteiger partial charge in [0.05, 0.1) is 6.20 Å². The molecule has 1 aromatic heterocycles. The molecule has 0 saturated carbocycles. The van der Waals surface area contributed by atoms with Gasteiger partial charge in [0.25, 0.3) is 0 Å². The zero-order valence-corrected chi connectivity index (χ0v) is 9.27. The Morgan fingerprint density at radius 3 is 2.76 bits per heavy atom. The predicted molar refractivity (Wildman–Crippen MR) is 58.3 cm³/mol. The average Bonchev–Trinajstić information content (AvgIpc) is 2.76. The van der Waals surface area contributed by atoms with Gasteiger partial charge in [0.1, 0.15) is 17.7 Å². The molecule has 3 nitrogen and oxygen atoms in total. The topological polar surface area (TPSA) is 38.0 Å². The van der Waals surface area contributed by atoms with Crippen LogP contribution in [0.2, 0.25) is 0 Å². The van der Waals surface area contributed by atoms with Crippen molar-refractivity contribution in [2.75, 3.05) is 0 Å². The number of aliphatic hydroxyl groups is 1. The molecule has 90 valence electrons. The first kappa shape index (κ1) is 11.7. The number of aliphatic hydroxyl groups excluding tert-OH is 1. The van der Waals surface area contributed by atoms with Crippen LogP contribution in [0.15, 0.2) is 30.6 Å². The Morgan fingerprint density at radius 2 is 2.18 bits per heavy atom. The van der Waals surface area contributed by atoms with E-state index in [2.05, 4.69) is 5.10 Å². The first-order valence-corrected chi connectivity index (χ1v) is 5.27. The van der Waals surface area contributed by atoms with Crippen molar-refractivity contribution in [1.29, 1.82) is 0 Å². The fourth-order valence-electron chi connectivity index (χ4n) is 1.60. The quantitative estimate of drug-likeness (QED) is 0.890. The summed E-state index contributed by atoms with van der Waals surface area (Å²) in [6, 6.07) is 3.10. The summed E-state index contributed by atoms with van der Waals surface area (Å²) >= 11 is 0. The van der Waals surface area contributed by atoms with Crippen LogP contribution in [0.1, 0.15) is 24.2 Å². The van der Waals surface area contributed by atoms with Crippen molar-refractivity contribution in [1.82, 2.24) is 9.78 Å². The summed E-state index contributed by atoms with van der Waals surface area (Å²) in [5, 5.41) is 13.9. The smallest absolute Gasteiger partial charge is 0.132 e. The van der Waals surface area contributed by atoms with E-state index in [1.807, 2.05) is 6.92 Å².